The Morgan fingerprint density at radius 3 is 2.76 bits per heavy atom. The number of benzene rings is 1. The highest BCUT2D eigenvalue weighted by Gasteiger charge is 2.34. The van der Waals surface area contributed by atoms with Crippen LogP contribution < -0.4 is 0 Å². The Morgan fingerprint density at radius 2 is 2.14 bits per heavy atom. The monoisotopic (exact) mass is 325 g/mol. The molecular weight excluding hydrogens is 313 g/mol. The summed E-state index contributed by atoms with van der Waals surface area (Å²) >= 11 is 11.9. The van der Waals surface area contributed by atoms with E-state index in [1.807, 2.05) is 0 Å². The van der Waals surface area contributed by atoms with Gasteiger partial charge >= 0.3 is 5.97 Å². The number of hydrogen-bond acceptors (Lipinski definition) is 4. The van der Waals surface area contributed by atoms with E-state index in [2.05, 4.69) is 4.98 Å². The third-order valence-electron chi connectivity index (χ3n) is 3.24. The molecule has 0 unspecified atom stereocenters. The Morgan fingerprint density at radius 1 is 1.38 bits per heavy atom. The fourth-order valence-corrected chi connectivity index (χ4v) is 2.36. The molecule has 1 heterocycles. The Kier molecular flexibility index (Phi) is 3.91. The van der Waals surface area contributed by atoms with Gasteiger partial charge in [-0.05, 0) is 38.0 Å². The fraction of sp³-hybridized carbons (Fsp3) is 0.333. The molecule has 1 aliphatic rings. The van der Waals surface area contributed by atoms with E-state index in [0.717, 1.165) is 12.8 Å². The molecule has 0 aliphatic heterocycles. The summed E-state index contributed by atoms with van der Waals surface area (Å²) in [6.07, 6.45) is 2.03. The van der Waals surface area contributed by atoms with Gasteiger partial charge in [0.2, 0.25) is 11.7 Å². The largest absolute Gasteiger partial charge is 0.460 e. The summed E-state index contributed by atoms with van der Waals surface area (Å²) in [5, 5.41) is 0.873. The van der Waals surface area contributed by atoms with Gasteiger partial charge in [-0.15, -0.1) is 0 Å². The molecule has 3 rings (SSSR count). The summed E-state index contributed by atoms with van der Waals surface area (Å²) < 4.78 is 10.6. The molecule has 1 fully saturated rings. The number of oxazole rings is 1. The summed E-state index contributed by atoms with van der Waals surface area (Å²) in [5.41, 5.74) is 1.36. The SMILES string of the molecule is CCOC(=O)c1oc(-c2ccc(Cl)c(Cl)c2)nc1C1CC1. The first-order valence-electron chi connectivity index (χ1n) is 6.73. The van der Waals surface area contributed by atoms with Crippen LogP contribution in [-0.4, -0.2) is 17.6 Å². The highest BCUT2D eigenvalue weighted by Crippen LogP contribution is 2.42. The van der Waals surface area contributed by atoms with Crippen LogP contribution in [0.4, 0.5) is 0 Å². The number of aromatic nitrogens is 1. The van der Waals surface area contributed by atoms with Gasteiger partial charge in [0.05, 0.1) is 22.3 Å². The lowest BCUT2D eigenvalue weighted by Gasteiger charge is -1.99. The molecule has 0 spiro atoms. The topological polar surface area (TPSA) is 52.3 Å². The number of carbonyl (C=O) groups excluding carboxylic acids is 1. The van der Waals surface area contributed by atoms with Crippen LogP contribution in [0, 0.1) is 0 Å². The third kappa shape index (κ3) is 2.92. The molecule has 0 bridgehead atoms. The maximum atomic E-state index is 12.0. The maximum absolute atomic E-state index is 12.0. The van der Waals surface area contributed by atoms with Crippen molar-refractivity contribution in [2.75, 3.05) is 6.61 Å². The normalized spacial score (nSPS) is 14.2. The van der Waals surface area contributed by atoms with Gasteiger partial charge in [0.25, 0.3) is 0 Å². The van der Waals surface area contributed by atoms with Crippen molar-refractivity contribution in [2.24, 2.45) is 0 Å². The zero-order chi connectivity index (χ0) is 15.0. The predicted molar refractivity (Wildman–Crippen MR) is 79.9 cm³/mol. The first kappa shape index (κ1) is 14.4. The van der Waals surface area contributed by atoms with Gasteiger partial charge in [-0.2, -0.15) is 0 Å². The average Bonchev–Trinajstić information content (AvgIpc) is 3.21. The smallest absolute Gasteiger partial charge is 0.376 e. The second-order valence-corrected chi connectivity index (χ2v) is 5.67. The molecule has 4 nitrogen and oxygen atoms in total. The second kappa shape index (κ2) is 5.70. The zero-order valence-electron chi connectivity index (χ0n) is 11.4. The Balaban J connectivity index is 2.01. The van der Waals surface area contributed by atoms with E-state index in [1.165, 1.54) is 0 Å². The first-order chi connectivity index (χ1) is 10.1. The van der Waals surface area contributed by atoms with Gasteiger partial charge in [-0.3, -0.25) is 0 Å². The van der Waals surface area contributed by atoms with Gasteiger partial charge in [-0.25, -0.2) is 9.78 Å². The number of hydrogen-bond donors (Lipinski definition) is 0. The van der Waals surface area contributed by atoms with Crippen molar-refractivity contribution in [1.82, 2.24) is 4.98 Å². The van der Waals surface area contributed by atoms with E-state index in [-0.39, 0.29) is 11.7 Å². The zero-order valence-corrected chi connectivity index (χ0v) is 12.9. The van der Waals surface area contributed by atoms with Gasteiger partial charge in [-0.1, -0.05) is 23.2 Å². The van der Waals surface area contributed by atoms with Crippen molar-refractivity contribution in [3.05, 3.63) is 39.7 Å². The molecule has 1 aromatic carbocycles. The van der Waals surface area contributed by atoms with Gasteiger partial charge < -0.3 is 9.15 Å². The van der Waals surface area contributed by atoms with Crippen molar-refractivity contribution in [3.8, 4) is 11.5 Å². The molecule has 21 heavy (non-hydrogen) atoms. The molecule has 6 heteroatoms. The summed E-state index contributed by atoms with van der Waals surface area (Å²) in [6, 6.07) is 5.09. The van der Waals surface area contributed by atoms with Crippen molar-refractivity contribution in [1.29, 1.82) is 0 Å². The lowest BCUT2D eigenvalue weighted by Crippen LogP contribution is -2.05. The van der Waals surface area contributed by atoms with E-state index in [4.69, 9.17) is 32.4 Å². The van der Waals surface area contributed by atoms with E-state index >= 15 is 0 Å². The minimum Gasteiger partial charge on any atom is -0.460 e. The first-order valence-corrected chi connectivity index (χ1v) is 7.49. The number of nitrogens with zero attached hydrogens (tertiary/aromatic N) is 1. The lowest BCUT2D eigenvalue weighted by molar-refractivity contribution is 0.0489. The van der Waals surface area contributed by atoms with Crippen LogP contribution in [0.15, 0.2) is 22.6 Å². The number of halogens is 2. The van der Waals surface area contributed by atoms with Gasteiger partial charge in [0.15, 0.2) is 0 Å². The van der Waals surface area contributed by atoms with E-state index in [9.17, 15) is 4.79 Å². The molecule has 0 amide bonds. The molecule has 2 aromatic rings. The molecule has 0 atom stereocenters. The standard InChI is InChI=1S/C15H13Cl2NO3/c1-2-20-15(19)13-12(8-3-4-8)18-14(21-13)9-5-6-10(16)11(17)7-9/h5-8H,2-4H2,1H3. The molecule has 110 valence electrons. The number of carbonyl (C=O) groups is 1. The second-order valence-electron chi connectivity index (χ2n) is 4.86. The lowest BCUT2D eigenvalue weighted by atomic mass is 10.2. The van der Waals surface area contributed by atoms with Crippen molar-refractivity contribution in [2.45, 2.75) is 25.7 Å². The molecule has 0 radical (unpaired) electrons. The van der Waals surface area contributed by atoms with Crippen LogP contribution >= 0.6 is 23.2 Å². The fourth-order valence-electron chi connectivity index (χ4n) is 2.06. The quantitative estimate of drug-likeness (QED) is 0.764. The number of esters is 1. The van der Waals surface area contributed by atoms with Crippen LogP contribution in [0.3, 0.4) is 0 Å². The van der Waals surface area contributed by atoms with Gasteiger partial charge in [0.1, 0.15) is 0 Å². The van der Waals surface area contributed by atoms with Crippen LogP contribution in [0.1, 0.15) is 41.9 Å². The summed E-state index contributed by atoms with van der Waals surface area (Å²) in [4.78, 5) is 16.4. The number of ether oxygens (including phenoxy) is 1. The highest BCUT2D eigenvalue weighted by atomic mass is 35.5. The van der Waals surface area contributed by atoms with Crippen LogP contribution in [0.25, 0.3) is 11.5 Å². The Labute approximate surface area is 132 Å². The highest BCUT2D eigenvalue weighted by molar-refractivity contribution is 6.42. The molecule has 1 aromatic heterocycles. The van der Waals surface area contributed by atoms with E-state index in [1.54, 1.807) is 25.1 Å². The predicted octanol–water partition coefficient (Wildman–Crippen LogP) is 4.70. The van der Waals surface area contributed by atoms with Gasteiger partial charge in [0, 0.05) is 11.5 Å². The average molecular weight is 326 g/mol. The van der Waals surface area contributed by atoms with Crippen LogP contribution in [0.5, 0.6) is 0 Å². The van der Waals surface area contributed by atoms with Crippen LogP contribution in [0.2, 0.25) is 10.0 Å². The minimum absolute atomic E-state index is 0.195. The summed E-state index contributed by atoms with van der Waals surface area (Å²) in [6.45, 7) is 2.05. The molecule has 1 saturated carbocycles. The molecule has 0 saturated heterocycles. The van der Waals surface area contributed by atoms with Crippen LogP contribution in [-0.2, 0) is 4.74 Å². The Hall–Kier alpha value is -1.52. The van der Waals surface area contributed by atoms with Crippen molar-refractivity contribution in [3.63, 3.8) is 0 Å². The summed E-state index contributed by atoms with van der Waals surface area (Å²) in [7, 11) is 0. The number of rotatable bonds is 4. The van der Waals surface area contributed by atoms with E-state index in [0.29, 0.717) is 33.8 Å². The minimum atomic E-state index is -0.474. The van der Waals surface area contributed by atoms with Crippen molar-refractivity contribution >= 4 is 29.2 Å². The third-order valence-corrected chi connectivity index (χ3v) is 3.98. The molecule has 1 aliphatic carbocycles. The summed E-state index contributed by atoms with van der Waals surface area (Å²) in [5.74, 6) is 0.363. The maximum Gasteiger partial charge on any atom is 0.376 e. The molecular formula is C15H13Cl2NO3. The Bertz CT molecular complexity index is 692. The molecule has 0 N–H and O–H groups in total. The van der Waals surface area contributed by atoms with E-state index < -0.39 is 5.97 Å². The van der Waals surface area contributed by atoms with Crippen molar-refractivity contribution < 1.29 is 13.9 Å².